The maximum Gasteiger partial charge on any atom is 0.265 e. The van der Waals surface area contributed by atoms with Crippen LogP contribution in [0.1, 0.15) is 57.2 Å². The summed E-state index contributed by atoms with van der Waals surface area (Å²) < 4.78 is 0. The number of Topliss-reactive ketones (excluding diaryl/α,β-unsaturated/α-hetero) is 1. The maximum atomic E-state index is 12.5. The molecule has 1 aliphatic rings. The molecule has 0 aliphatic heterocycles. The number of fused-ring (bicyclic) bond motifs is 1. The standard InChI is InChI=1S/C19H21NO2S/c1-3-13-7-8-17-15(9-13)11-18(23-17)19(22)20-16-6-4-5-14(10-16)12(2)21/h4-6,10-11,13H,3,7-9H2,1-2H3,(H,20,22)/t13-/m1/s1. The van der Waals surface area contributed by atoms with E-state index in [-0.39, 0.29) is 11.7 Å². The number of rotatable bonds is 4. The van der Waals surface area contributed by atoms with Crippen LogP contribution >= 0.6 is 11.3 Å². The van der Waals surface area contributed by atoms with Gasteiger partial charge in [0.2, 0.25) is 0 Å². The van der Waals surface area contributed by atoms with Crippen LogP contribution in [-0.4, -0.2) is 11.7 Å². The van der Waals surface area contributed by atoms with Crippen LogP contribution in [0.15, 0.2) is 30.3 Å². The average molecular weight is 327 g/mol. The van der Waals surface area contributed by atoms with Gasteiger partial charge in [0.1, 0.15) is 0 Å². The molecule has 1 aromatic carbocycles. The molecule has 1 atom stereocenters. The molecular weight excluding hydrogens is 306 g/mol. The molecule has 0 bridgehead atoms. The number of nitrogens with one attached hydrogen (secondary N) is 1. The van der Waals surface area contributed by atoms with Gasteiger partial charge in [-0.1, -0.05) is 25.5 Å². The smallest absolute Gasteiger partial charge is 0.265 e. The highest BCUT2D eigenvalue weighted by atomic mass is 32.1. The maximum absolute atomic E-state index is 12.5. The van der Waals surface area contributed by atoms with Gasteiger partial charge in [-0.3, -0.25) is 9.59 Å². The Kier molecular flexibility index (Phi) is 4.62. The summed E-state index contributed by atoms with van der Waals surface area (Å²) in [6, 6.07) is 9.13. The van der Waals surface area contributed by atoms with Gasteiger partial charge in [-0.05, 0) is 55.9 Å². The topological polar surface area (TPSA) is 46.2 Å². The van der Waals surface area contributed by atoms with E-state index in [1.54, 1.807) is 29.5 Å². The number of aryl methyl sites for hydroxylation is 1. The molecule has 120 valence electrons. The quantitative estimate of drug-likeness (QED) is 0.826. The van der Waals surface area contributed by atoms with E-state index in [0.717, 1.165) is 23.6 Å². The van der Waals surface area contributed by atoms with Crippen molar-refractivity contribution in [1.82, 2.24) is 0 Å². The molecule has 3 nitrogen and oxygen atoms in total. The van der Waals surface area contributed by atoms with Gasteiger partial charge in [0.25, 0.3) is 5.91 Å². The molecule has 1 aromatic heterocycles. The second-order valence-corrected chi connectivity index (χ2v) is 7.30. The van der Waals surface area contributed by atoms with Crippen LogP contribution in [0.3, 0.4) is 0 Å². The van der Waals surface area contributed by atoms with Gasteiger partial charge in [0.05, 0.1) is 4.88 Å². The summed E-state index contributed by atoms with van der Waals surface area (Å²) in [5.41, 5.74) is 2.62. The van der Waals surface area contributed by atoms with E-state index >= 15 is 0 Å². The van der Waals surface area contributed by atoms with Crippen LogP contribution < -0.4 is 5.32 Å². The van der Waals surface area contributed by atoms with Crippen molar-refractivity contribution in [3.8, 4) is 0 Å². The van der Waals surface area contributed by atoms with Crippen LogP contribution in [-0.2, 0) is 12.8 Å². The number of anilines is 1. The van der Waals surface area contributed by atoms with E-state index in [2.05, 4.69) is 12.2 Å². The van der Waals surface area contributed by atoms with Crippen molar-refractivity contribution >= 4 is 28.7 Å². The highest BCUT2D eigenvalue weighted by molar-refractivity contribution is 7.14. The molecule has 0 spiro atoms. The molecule has 4 heteroatoms. The third kappa shape index (κ3) is 3.53. The number of benzene rings is 1. The fraction of sp³-hybridized carbons (Fsp3) is 0.368. The number of carbonyl (C=O) groups excluding carboxylic acids is 2. The van der Waals surface area contributed by atoms with Crippen LogP contribution in [0.4, 0.5) is 5.69 Å². The number of ketones is 1. The van der Waals surface area contributed by atoms with Gasteiger partial charge in [-0.2, -0.15) is 0 Å². The van der Waals surface area contributed by atoms with Crippen molar-refractivity contribution in [3.05, 3.63) is 51.2 Å². The van der Waals surface area contributed by atoms with Gasteiger partial charge in [-0.25, -0.2) is 0 Å². The molecule has 0 radical (unpaired) electrons. The number of hydrogen-bond acceptors (Lipinski definition) is 3. The van der Waals surface area contributed by atoms with Gasteiger partial charge in [0, 0.05) is 16.1 Å². The summed E-state index contributed by atoms with van der Waals surface area (Å²) in [5.74, 6) is 0.664. The summed E-state index contributed by atoms with van der Waals surface area (Å²) in [7, 11) is 0. The van der Waals surface area contributed by atoms with E-state index < -0.39 is 0 Å². The summed E-state index contributed by atoms with van der Waals surface area (Å²) in [6.07, 6.45) is 4.61. The Bertz CT molecular complexity index is 748. The van der Waals surface area contributed by atoms with Gasteiger partial charge in [0.15, 0.2) is 5.78 Å². The van der Waals surface area contributed by atoms with Crippen LogP contribution in [0.5, 0.6) is 0 Å². The molecule has 1 N–H and O–H groups in total. The third-order valence-corrected chi connectivity index (χ3v) is 5.75. The van der Waals surface area contributed by atoms with E-state index in [1.165, 1.54) is 30.2 Å². The molecule has 0 saturated carbocycles. The van der Waals surface area contributed by atoms with Crippen molar-refractivity contribution in [1.29, 1.82) is 0 Å². The minimum absolute atomic E-state index is 0.00158. The Morgan fingerprint density at radius 3 is 2.87 bits per heavy atom. The minimum atomic E-state index is -0.0850. The SMILES string of the molecule is CC[C@@H]1CCc2sc(C(=O)Nc3cccc(C(C)=O)c3)cc2C1. The molecule has 0 fully saturated rings. The summed E-state index contributed by atoms with van der Waals surface area (Å²) in [5, 5.41) is 2.91. The van der Waals surface area contributed by atoms with E-state index in [9.17, 15) is 9.59 Å². The van der Waals surface area contributed by atoms with Crippen LogP contribution in [0.25, 0.3) is 0 Å². The first kappa shape index (κ1) is 15.9. The van der Waals surface area contributed by atoms with E-state index in [0.29, 0.717) is 11.3 Å². The van der Waals surface area contributed by atoms with Crippen LogP contribution in [0, 0.1) is 5.92 Å². The van der Waals surface area contributed by atoms with E-state index in [1.807, 2.05) is 12.1 Å². The predicted molar refractivity (Wildman–Crippen MR) is 94.5 cm³/mol. The molecule has 1 amide bonds. The molecule has 2 aromatic rings. The molecule has 1 aliphatic carbocycles. The third-order valence-electron chi connectivity index (χ3n) is 4.51. The largest absolute Gasteiger partial charge is 0.321 e. The fourth-order valence-corrected chi connectivity index (χ4v) is 4.17. The molecule has 3 rings (SSSR count). The molecule has 23 heavy (non-hydrogen) atoms. The molecular formula is C19H21NO2S. The zero-order valence-electron chi connectivity index (χ0n) is 13.5. The predicted octanol–water partition coefficient (Wildman–Crippen LogP) is 4.72. The first-order valence-electron chi connectivity index (χ1n) is 8.10. The number of hydrogen-bond donors (Lipinski definition) is 1. The Balaban J connectivity index is 1.75. The first-order chi connectivity index (χ1) is 11.1. The highest BCUT2D eigenvalue weighted by Gasteiger charge is 2.22. The normalized spacial score (nSPS) is 16.7. The number of carbonyl (C=O) groups is 2. The lowest BCUT2D eigenvalue weighted by Gasteiger charge is -2.19. The second-order valence-electron chi connectivity index (χ2n) is 6.17. The fourth-order valence-electron chi connectivity index (χ4n) is 3.07. The van der Waals surface area contributed by atoms with Crippen LogP contribution in [0.2, 0.25) is 0 Å². The summed E-state index contributed by atoms with van der Waals surface area (Å²) in [6.45, 7) is 3.76. The Hall–Kier alpha value is -1.94. The zero-order valence-corrected chi connectivity index (χ0v) is 14.3. The van der Waals surface area contributed by atoms with Gasteiger partial charge in [-0.15, -0.1) is 11.3 Å². The monoisotopic (exact) mass is 327 g/mol. The Morgan fingerprint density at radius 1 is 1.30 bits per heavy atom. The molecule has 1 heterocycles. The molecule has 0 saturated heterocycles. The average Bonchev–Trinajstić information content (AvgIpc) is 2.98. The lowest BCUT2D eigenvalue weighted by atomic mass is 9.87. The van der Waals surface area contributed by atoms with Gasteiger partial charge < -0.3 is 5.32 Å². The summed E-state index contributed by atoms with van der Waals surface area (Å²) >= 11 is 1.61. The van der Waals surface area contributed by atoms with Crippen molar-refractivity contribution in [3.63, 3.8) is 0 Å². The van der Waals surface area contributed by atoms with Crippen molar-refractivity contribution in [2.24, 2.45) is 5.92 Å². The lowest BCUT2D eigenvalue weighted by molar-refractivity contribution is 0.101. The Morgan fingerprint density at radius 2 is 2.13 bits per heavy atom. The minimum Gasteiger partial charge on any atom is -0.321 e. The van der Waals surface area contributed by atoms with E-state index in [4.69, 9.17) is 0 Å². The van der Waals surface area contributed by atoms with Crippen molar-refractivity contribution < 1.29 is 9.59 Å². The molecule has 0 unspecified atom stereocenters. The zero-order chi connectivity index (χ0) is 16.4. The number of amides is 1. The summed E-state index contributed by atoms with van der Waals surface area (Å²) in [4.78, 5) is 26.0. The van der Waals surface area contributed by atoms with Crippen molar-refractivity contribution in [2.75, 3.05) is 5.32 Å². The second kappa shape index (κ2) is 6.67. The highest BCUT2D eigenvalue weighted by Crippen LogP contribution is 2.33. The lowest BCUT2D eigenvalue weighted by Crippen LogP contribution is -2.11. The Labute approximate surface area is 140 Å². The van der Waals surface area contributed by atoms with Gasteiger partial charge >= 0.3 is 0 Å². The van der Waals surface area contributed by atoms with Crippen molar-refractivity contribution in [2.45, 2.75) is 39.5 Å². The first-order valence-corrected chi connectivity index (χ1v) is 8.92. The number of thiophene rings is 1.